The average molecular weight is 240 g/mol. The summed E-state index contributed by atoms with van der Waals surface area (Å²) in [6, 6.07) is 1.54. The van der Waals surface area contributed by atoms with Crippen LogP contribution >= 0.6 is 11.8 Å². The van der Waals surface area contributed by atoms with Crippen LogP contribution in [0.5, 0.6) is 0 Å². The highest BCUT2D eigenvalue weighted by Gasteiger charge is 2.45. The topological polar surface area (TPSA) is 15.3 Å². The maximum atomic E-state index is 3.74. The highest BCUT2D eigenvalue weighted by molar-refractivity contribution is 8.00. The quantitative estimate of drug-likeness (QED) is 0.808. The third kappa shape index (κ3) is 2.27. The Kier molecular flexibility index (Phi) is 2.97. The smallest absolute Gasteiger partial charge is 0.0285 e. The largest absolute Gasteiger partial charge is 0.311 e. The summed E-state index contributed by atoms with van der Waals surface area (Å²) in [5.41, 5.74) is 0. The second-order valence-electron chi connectivity index (χ2n) is 6.02. The van der Waals surface area contributed by atoms with E-state index in [4.69, 9.17) is 0 Å². The van der Waals surface area contributed by atoms with Crippen LogP contribution in [0.1, 0.15) is 32.6 Å². The van der Waals surface area contributed by atoms with Crippen LogP contribution in [0.25, 0.3) is 0 Å². The van der Waals surface area contributed by atoms with Gasteiger partial charge in [0, 0.05) is 36.5 Å². The molecule has 0 aromatic rings. The minimum atomic E-state index is 0.639. The predicted molar refractivity (Wildman–Crippen MR) is 71.0 cm³/mol. The van der Waals surface area contributed by atoms with Gasteiger partial charge in [-0.25, -0.2) is 0 Å². The summed E-state index contributed by atoms with van der Waals surface area (Å²) in [7, 11) is 0. The first-order chi connectivity index (χ1) is 7.72. The van der Waals surface area contributed by atoms with E-state index in [2.05, 4.69) is 35.2 Å². The number of hydrogen-bond acceptors (Lipinski definition) is 3. The van der Waals surface area contributed by atoms with Crippen molar-refractivity contribution in [3.63, 3.8) is 0 Å². The standard InChI is InChI=1S/C13H24N2S/c1-10-7-14-12(11-3-4-11)8-15(10)9-13(16-2)5-6-13/h10-12,14H,3-9H2,1-2H3. The van der Waals surface area contributed by atoms with E-state index in [1.807, 2.05) is 0 Å². The second kappa shape index (κ2) is 4.18. The van der Waals surface area contributed by atoms with E-state index in [9.17, 15) is 0 Å². The highest BCUT2D eigenvalue weighted by atomic mass is 32.2. The summed E-state index contributed by atoms with van der Waals surface area (Å²) in [4.78, 5) is 2.75. The molecule has 3 aliphatic rings. The molecule has 2 unspecified atom stereocenters. The monoisotopic (exact) mass is 240 g/mol. The van der Waals surface area contributed by atoms with Gasteiger partial charge in [-0.15, -0.1) is 0 Å². The number of hydrogen-bond donors (Lipinski definition) is 1. The van der Waals surface area contributed by atoms with Crippen LogP contribution in [0.4, 0.5) is 0 Å². The molecule has 0 aromatic carbocycles. The van der Waals surface area contributed by atoms with Crippen molar-refractivity contribution in [3.8, 4) is 0 Å². The molecule has 1 N–H and O–H groups in total. The first-order valence-electron chi connectivity index (χ1n) is 6.75. The van der Waals surface area contributed by atoms with E-state index in [1.54, 1.807) is 0 Å². The molecule has 0 bridgehead atoms. The molecular weight excluding hydrogens is 216 g/mol. The first kappa shape index (κ1) is 11.4. The number of nitrogens with one attached hydrogen (secondary N) is 1. The van der Waals surface area contributed by atoms with Crippen molar-refractivity contribution in [2.24, 2.45) is 5.92 Å². The van der Waals surface area contributed by atoms with Crippen LogP contribution < -0.4 is 5.32 Å². The van der Waals surface area contributed by atoms with Gasteiger partial charge in [0.05, 0.1) is 0 Å². The van der Waals surface area contributed by atoms with Gasteiger partial charge in [-0.05, 0) is 44.8 Å². The van der Waals surface area contributed by atoms with E-state index in [0.717, 1.165) is 18.0 Å². The summed E-state index contributed by atoms with van der Waals surface area (Å²) in [5, 5.41) is 3.74. The third-order valence-electron chi connectivity index (χ3n) is 4.65. The van der Waals surface area contributed by atoms with Crippen molar-refractivity contribution in [1.29, 1.82) is 0 Å². The minimum Gasteiger partial charge on any atom is -0.311 e. The van der Waals surface area contributed by atoms with Gasteiger partial charge in [-0.1, -0.05) is 0 Å². The van der Waals surface area contributed by atoms with Gasteiger partial charge in [0.25, 0.3) is 0 Å². The van der Waals surface area contributed by atoms with E-state index >= 15 is 0 Å². The lowest BCUT2D eigenvalue weighted by Crippen LogP contribution is -2.57. The number of thioether (sulfide) groups is 1. The molecule has 2 nitrogen and oxygen atoms in total. The Balaban J connectivity index is 1.58. The van der Waals surface area contributed by atoms with Crippen LogP contribution in [-0.2, 0) is 0 Å². The predicted octanol–water partition coefficient (Wildman–Crippen LogP) is 1.95. The summed E-state index contributed by atoms with van der Waals surface area (Å²) in [5.74, 6) is 0.999. The lowest BCUT2D eigenvalue weighted by Gasteiger charge is -2.40. The SMILES string of the molecule is CSC1(CN2CC(C3CC3)NCC2C)CC1. The van der Waals surface area contributed by atoms with Gasteiger partial charge >= 0.3 is 0 Å². The van der Waals surface area contributed by atoms with Gasteiger partial charge in [-0.2, -0.15) is 11.8 Å². The molecule has 3 heteroatoms. The molecule has 2 aliphatic carbocycles. The number of piperazine rings is 1. The average Bonchev–Trinajstić information content (AvgIpc) is 3.15. The molecule has 0 radical (unpaired) electrons. The van der Waals surface area contributed by atoms with E-state index in [-0.39, 0.29) is 0 Å². The van der Waals surface area contributed by atoms with Crippen molar-refractivity contribution in [2.75, 3.05) is 25.9 Å². The Labute approximate surface area is 104 Å². The molecular formula is C13H24N2S. The molecule has 1 heterocycles. The Morgan fingerprint density at radius 2 is 2.12 bits per heavy atom. The normalized spacial score (nSPS) is 38.6. The zero-order valence-corrected chi connectivity index (χ0v) is 11.4. The molecule has 3 fully saturated rings. The van der Waals surface area contributed by atoms with Gasteiger partial charge in [-0.3, -0.25) is 4.90 Å². The van der Waals surface area contributed by atoms with Gasteiger partial charge in [0.1, 0.15) is 0 Å². The van der Waals surface area contributed by atoms with Crippen LogP contribution in [0.3, 0.4) is 0 Å². The molecule has 16 heavy (non-hydrogen) atoms. The number of nitrogens with zero attached hydrogens (tertiary/aromatic N) is 1. The van der Waals surface area contributed by atoms with Gasteiger partial charge in [0.2, 0.25) is 0 Å². The fourth-order valence-electron chi connectivity index (χ4n) is 2.92. The summed E-state index contributed by atoms with van der Waals surface area (Å²) in [6.07, 6.45) is 8.11. The van der Waals surface area contributed by atoms with Crippen LogP contribution in [0.15, 0.2) is 0 Å². The van der Waals surface area contributed by atoms with Crippen molar-refractivity contribution in [3.05, 3.63) is 0 Å². The molecule has 2 saturated carbocycles. The van der Waals surface area contributed by atoms with E-state index in [0.29, 0.717) is 4.75 Å². The van der Waals surface area contributed by atoms with Crippen molar-refractivity contribution >= 4 is 11.8 Å². The summed E-state index contributed by atoms with van der Waals surface area (Å²) >= 11 is 2.10. The fraction of sp³-hybridized carbons (Fsp3) is 1.00. The van der Waals surface area contributed by atoms with Crippen LogP contribution in [0, 0.1) is 5.92 Å². The van der Waals surface area contributed by atoms with Crippen molar-refractivity contribution in [1.82, 2.24) is 10.2 Å². The molecule has 0 amide bonds. The maximum Gasteiger partial charge on any atom is 0.0285 e. The molecule has 1 aliphatic heterocycles. The Morgan fingerprint density at radius 1 is 1.38 bits per heavy atom. The molecule has 0 spiro atoms. The van der Waals surface area contributed by atoms with Gasteiger partial charge in [0.15, 0.2) is 0 Å². The lowest BCUT2D eigenvalue weighted by atomic mass is 10.1. The van der Waals surface area contributed by atoms with E-state index < -0.39 is 0 Å². The Morgan fingerprint density at radius 3 is 2.69 bits per heavy atom. The molecule has 2 atom stereocenters. The summed E-state index contributed by atoms with van der Waals surface area (Å²) < 4.78 is 0.639. The molecule has 92 valence electrons. The zero-order valence-electron chi connectivity index (χ0n) is 10.5. The lowest BCUT2D eigenvalue weighted by molar-refractivity contribution is 0.131. The first-order valence-corrected chi connectivity index (χ1v) is 7.97. The Hall–Kier alpha value is 0.270. The number of rotatable bonds is 4. The summed E-state index contributed by atoms with van der Waals surface area (Å²) in [6.45, 7) is 6.21. The molecule has 1 saturated heterocycles. The molecule has 0 aromatic heterocycles. The minimum absolute atomic E-state index is 0.639. The van der Waals surface area contributed by atoms with Crippen molar-refractivity contribution in [2.45, 2.75) is 49.4 Å². The zero-order chi connectivity index (χ0) is 11.2. The van der Waals surface area contributed by atoms with Crippen LogP contribution in [0.2, 0.25) is 0 Å². The fourth-order valence-corrected chi connectivity index (χ4v) is 3.72. The maximum absolute atomic E-state index is 3.74. The van der Waals surface area contributed by atoms with Gasteiger partial charge < -0.3 is 5.32 Å². The highest BCUT2D eigenvalue weighted by Crippen LogP contribution is 2.48. The third-order valence-corrected chi connectivity index (χ3v) is 6.06. The Bertz CT molecular complexity index is 261. The second-order valence-corrected chi connectivity index (χ2v) is 7.29. The van der Waals surface area contributed by atoms with E-state index in [1.165, 1.54) is 45.3 Å². The van der Waals surface area contributed by atoms with Crippen LogP contribution in [-0.4, -0.2) is 47.6 Å². The molecule has 3 rings (SSSR count). The van der Waals surface area contributed by atoms with Crippen molar-refractivity contribution < 1.29 is 0 Å².